The van der Waals surface area contributed by atoms with Gasteiger partial charge in [-0.2, -0.15) is 4.98 Å². The summed E-state index contributed by atoms with van der Waals surface area (Å²) in [6, 6.07) is 8.78. The van der Waals surface area contributed by atoms with Crippen molar-refractivity contribution in [2.45, 2.75) is 32.8 Å². The van der Waals surface area contributed by atoms with Gasteiger partial charge >= 0.3 is 0 Å². The smallest absolute Gasteiger partial charge is 0.294 e. The van der Waals surface area contributed by atoms with E-state index in [0.717, 1.165) is 24.3 Å². The highest BCUT2D eigenvalue weighted by Gasteiger charge is 2.03. The Balaban J connectivity index is 1.89. The van der Waals surface area contributed by atoms with E-state index in [1.165, 1.54) is 5.56 Å². The zero-order valence-corrected chi connectivity index (χ0v) is 11.6. The van der Waals surface area contributed by atoms with Gasteiger partial charge < -0.3 is 14.5 Å². The van der Waals surface area contributed by atoms with Crippen LogP contribution in [-0.4, -0.2) is 18.1 Å². The molecule has 0 saturated heterocycles. The van der Waals surface area contributed by atoms with Crippen molar-refractivity contribution in [1.82, 2.24) is 4.98 Å². The Bertz CT molecular complexity index is 503. The molecule has 0 saturated carbocycles. The third-order valence-electron chi connectivity index (χ3n) is 2.73. The van der Waals surface area contributed by atoms with Gasteiger partial charge in [0, 0.05) is 7.05 Å². The zero-order valence-electron chi connectivity index (χ0n) is 11.6. The highest BCUT2D eigenvalue weighted by Crippen LogP contribution is 2.15. The van der Waals surface area contributed by atoms with Gasteiger partial charge in [-0.25, -0.2) is 0 Å². The lowest BCUT2D eigenvalue weighted by Gasteiger charge is -2.09. The first kappa shape index (κ1) is 13.5. The first-order valence-corrected chi connectivity index (χ1v) is 6.55. The fourth-order valence-corrected chi connectivity index (χ4v) is 1.82. The molecule has 1 N–H and O–H groups in total. The van der Waals surface area contributed by atoms with E-state index >= 15 is 0 Å². The summed E-state index contributed by atoms with van der Waals surface area (Å²) >= 11 is 0. The summed E-state index contributed by atoms with van der Waals surface area (Å²) in [6.07, 6.45) is 3.72. The van der Waals surface area contributed by atoms with E-state index in [-0.39, 0.29) is 6.10 Å². The van der Waals surface area contributed by atoms with Gasteiger partial charge in [0.15, 0.2) is 0 Å². The number of hydrogen-bond acceptors (Lipinski definition) is 4. The van der Waals surface area contributed by atoms with Crippen LogP contribution in [0.1, 0.15) is 25.1 Å². The number of ether oxygens (including phenoxy) is 1. The number of hydrogen-bond donors (Lipinski definition) is 1. The molecular weight excluding hydrogens is 240 g/mol. The highest BCUT2D eigenvalue weighted by molar-refractivity contribution is 5.28. The van der Waals surface area contributed by atoms with Crippen LogP contribution in [0.25, 0.3) is 0 Å². The Hall–Kier alpha value is -1.97. The van der Waals surface area contributed by atoms with E-state index in [2.05, 4.69) is 22.4 Å². The highest BCUT2D eigenvalue weighted by atomic mass is 16.5. The van der Waals surface area contributed by atoms with Gasteiger partial charge in [-0.15, -0.1) is 0 Å². The van der Waals surface area contributed by atoms with E-state index in [0.29, 0.717) is 6.01 Å². The molecule has 102 valence electrons. The summed E-state index contributed by atoms with van der Waals surface area (Å²) in [5, 5.41) is 2.88. The van der Waals surface area contributed by atoms with Gasteiger partial charge in [-0.1, -0.05) is 12.1 Å². The molecular formula is C15H20N2O2. The molecule has 0 fully saturated rings. The molecule has 0 radical (unpaired) electrons. The molecule has 2 aromatic rings. The maximum Gasteiger partial charge on any atom is 0.294 e. The molecule has 0 aliphatic rings. The van der Waals surface area contributed by atoms with Crippen molar-refractivity contribution in [2.75, 3.05) is 12.4 Å². The molecule has 4 heteroatoms. The Kier molecular flexibility index (Phi) is 4.44. The molecule has 4 nitrogen and oxygen atoms in total. The summed E-state index contributed by atoms with van der Waals surface area (Å²) in [7, 11) is 1.79. The van der Waals surface area contributed by atoms with E-state index in [9.17, 15) is 0 Å². The monoisotopic (exact) mass is 260 g/mol. The number of benzene rings is 1. The summed E-state index contributed by atoms with van der Waals surface area (Å²) < 4.78 is 10.8. The van der Waals surface area contributed by atoms with E-state index in [1.807, 2.05) is 26.0 Å². The van der Waals surface area contributed by atoms with Gasteiger partial charge in [-0.3, -0.25) is 0 Å². The summed E-state index contributed by atoms with van der Waals surface area (Å²) in [6.45, 7) is 4.05. The number of oxazole rings is 1. The Morgan fingerprint density at radius 2 is 1.95 bits per heavy atom. The molecule has 2 rings (SSSR count). The molecule has 0 spiro atoms. The number of nitrogens with zero attached hydrogens (tertiary/aromatic N) is 1. The Morgan fingerprint density at radius 3 is 2.53 bits per heavy atom. The van der Waals surface area contributed by atoms with Crippen LogP contribution >= 0.6 is 0 Å². The van der Waals surface area contributed by atoms with Crippen LogP contribution < -0.4 is 10.1 Å². The van der Waals surface area contributed by atoms with Crippen LogP contribution in [0, 0.1) is 0 Å². The summed E-state index contributed by atoms with van der Waals surface area (Å²) in [5.41, 5.74) is 2.23. The summed E-state index contributed by atoms with van der Waals surface area (Å²) in [4.78, 5) is 4.30. The first-order valence-electron chi connectivity index (χ1n) is 6.55. The van der Waals surface area contributed by atoms with Crippen LogP contribution in [0.2, 0.25) is 0 Å². The predicted molar refractivity (Wildman–Crippen MR) is 75.7 cm³/mol. The SMILES string of the molecule is CNc1nc(CCc2ccc(OC(C)C)cc2)co1. The molecule has 0 bridgehead atoms. The van der Waals surface area contributed by atoms with Crippen LogP contribution in [0.15, 0.2) is 34.9 Å². The second-order valence-electron chi connectivity index (χ2n) is 4.70. The van der Waals surface area contributed by atoms with E-state index < -0.39 is 0 Å². The average molecular weight is 260 g/mol. The fourth-order valence-electron chi connectivity index (χ4n) is 1.82. The molecule has 0 aliphatic carbocycles. The van der Waals surface area contributed by atoms with Gasteiger partial charge in [0.1, 0.15) is 12.0 Å². The number of anilines is 1. The minimum Gasteiger partial charge on any atom is -0.491 e. The lowest BCUT2D eigenvalue weighted by Crippen LogP contribution is -2.05. The van der Waals surface area contributed by atoms with Crippen molar-refractivity contribution < 1.29 is 9.15 Å². The van der Waals surface area contributed by atoms with Gasteiger partial charge in [-0.05, 0) is 44.4 Å². The van der Waals surface area contributed by atoms with Crippen LogP contribution in [0.3, 0.4) is 0 Å². The second-order valence-corrected chi connectivity index (χ2v) is 4.70. The normalized spacial score (nSPS) is 10.7. The maximum atomic E-state index is 5.61. The first-order chi connectivity index (χ1) is 9.17. The Labute approximate surface area is 113 Å². The lowest BCUT2D eigenvalue weighted by molar-refractivity contribution is 0.242. The topological polar surface area (TPSA) is 47.3 Å². The van der Waals surface area contributed by atoms with Crippen molar-refractivity contribution in [1.29, 1.82) is 0 Å². The fraction of sp³-hybridized carbons (Fsp3) is 0.400. The zero-order chi connectivity index (χ0) is 13.7. The molecule has 0 amide bonds. The second kappa shape index (κ2) is 6.27. The van der Waals surface area contributed by atoms with Crippen LogP contribution in [0.5, 0.6) is 5.75 Å². The molecule has 1 heterocycles. The van der Waals surface area contributed by atoms with Crippen LogP contribution in [-0.2, 0) is 12.8 Å². The predicted octanol–water partition coefficient (Wildman–Crippen LogP) is 3.29. The summed E-state index contributed by atoms with van der Waals surface area (Å²) in [5.74, 6) is 0.914. The quantitative estimate of drug-likeness (QED) is 0.865. The van der Waals surface area contributed by atoms with E-state index in [1.54, 1.807) is 13.3 Å². The van der Waals surface area contributed by atoms with Gasteiger partial charge in [0.05, 0.1) is 11.8 Å². The number of rotatable bonds is 6. The largest absolute Gasteiger partial charge is 0.491 e. The van der Waals surface area contributed by atoms with Crippen molar-refractivity contribution in [3.63, 3.8) is 0 Å². The van der Waals surface area contributed by atoms with Gasteiger partial charge in [0.25, 0.3) is 6.01 Å². The molecule has 0 unspecified atom stereocenters. The minimum absolute atomic E-state index is 0.209. The standard InChI is InChI=1S/C15H20N2O2/c1-11(2)19-14-8-5-12(6-9-14)4-7-13-10-18-15(16-3)17-13/h5-6,8-11H,4,7H2,1-3H3,(H,16,17). The van der Waals surface area contributed by atoms with Crippen molar-refractivity contribution in [3.05, 3.63) is 41.8 Å². The van der Waals surface area contributed by atoms with Gasteiger partial charge in [0.2, 0.25) is 0 Å². The van der Waals surface area contributed by atoms with Crippen molar-refractivity contribution in [2.24, 2.45) is 0 Å². The number of nitrogens with one attached hydrogen (secondary N) is 1. The molecule has 19 heavy (non-hydrogen) atoms. The Morgan fingerprint density at radius 1 is 1.21 bits per heavy atom. The van der Waals surface area contributed by atoms with Crippen molar-refractivity contribution >= 4 is 6.01 Å². The number of aromatic nitrogens is 1. The lowest BCUT2D eigenvalue weighted by atomic mass is 10.1. The maximum absolute atomic E-state index is 5.61. The molecule has 0 aliphatic heterocycles. The minimum atomic E-state index is 0.209. The van der Waals surface area contributed by atoms with E-state index in [4.69, 9.17) is 9.15 Å². The molecule has 1 aromatic heterocycles. The van der Waals surface area contributed by atoms with Crippen molar-refractivity contribution in [3.8, 4) is 5.75 Å². The molecule has 0 atom stereocenters. The third kappa shape index (κ3) is 4.02. The third-order valence-corrected chi connectivity index (χ3v) is 2.73. The molecule has 1 aromatic carbocycles. The average Bonchev–Trinajstić information content (AvgIpc) is 2.85. The van der Waals surface area contributed by atoms with Crippen LogP contribution in [0.4, 0.5) is 6.01 Å². The number of aryl methyl sites for hydroxylation is 2.